The maximum absolute atomic E-state index is 9.10. The SMILES string of the molecule is OCNC1CCC(O)CC1. The first kappa shape index (κ1) is 7.98. The minimum atomic E-state index is -0.100. The lowest BCUT2D eigenvalue weighted by molar-refractivity contribution is 0.108. The van der Waals surface area contributed by atoms with Crippen LogP contribution in [0, 0.1) is 0 Å². The molecule has 0 heterocycles. The molecule has 3 heteroatoms. The van der Waals surface area contributed by atoms with Crippen LogP contribution in [0.4, 0.5) is 0 Å². The van der Waals surface area contributed by atoms with Crippen LogP contribution in [0.25, 0.3) is 0 Å². The molecule has 0 bridgehead atoms. The van der Waals surface area contributed by atoms with Gasteiger partial charge in [0.15, 0.2) is 0 Å². The Hall–Kier alpha value is -0.120. The third kappa shape index (κ3) is 2.25. The van der Waals surface area contributed by atoms with E-state index in [0.29, 0.717) is 6.04 Å². The third-order valence-corrected chi connectivity index (χ3v) is 2.08. The predicted molar refractivity (Wildman–Crippen MR) is 38.5 cm³/mol. The highest BCUT2D eigenvalue weighted by Gasteiger charge is 2.17. The van der Waals surface area contributed by atoms with Gasteiger partial charge in [-0.05, 0) is 25.7 Å². The van der Waals surface area contributed by atoms with Gasteiger partial charge in [0.2, 0.25) is 0 Å². The Bertz CT molecular complexity index is 89.6. The van der Waals surface area contributed by atoms with E-state index in [0.717, 1.165) is 25.7 Å². The van der Waals surface area contributed by atoms with Gasteiger partial charge in [0.25, 0.3) is 0 Å². The lowest BCUT2D eigenvalue weighted by Gasteiger charge is -2.25. The van der Waals surface area contributed by atoms with Crippen LogP contribution in [-0.2, 0) is 0 Å². The van der Waals surface area contributed by atoms with E-state index in [2.05, 4.69) is 5.32 Å². The maximum atomic E-state index is 9.10. The molecule has 0 aromatic rings. The van der Waals surface area contributed by atoms with E-state index in [9.17, 15) is 0 Å². The second-order valence-electron chi connectivity index (χ2n) is 2.87. The zero-order chi connectivity index (χ0) is 7.40. The fraction of sp³-hybridized carbons (Fsp3) is 1.00. The van der Waals surface area contributed by atoms with Crippen molar-refractivity contribution in [2.24, 2.45) is 0 Å². The number of hydrogen-bond donors (Lipinski definition) is 3. The van der Waals surface area contributed by atoms with Crippen molar-refractivity contribution in [3.63, 3.8) is 0 Å². The van der Waals surface area contributed by atoms with Crippen molar-refractivity contribution in [1.82, 2.24) is 5.32 Å². The van der Waals surface area contributed by atoms with Gasteiger partial charge < -0.3 is 10.2 Å². The lowest BCUT2D eigenvalue weighted by Crippen LogP contribution is -2.34. The molecule has 60 valence electrons. The van der Waals surface area contributed by atoms with Gasteiger partial charge in [0.1, 0.15) is 0 Å². The van der Waals surface area contributed by atoms with Crippen LogP contribution < -0.4 is 5.32 Å². The summed E-state index contributed by atoms with van der Waals surface area (Å²) in [5.74, 6) is 0. The first-order valence-electron chi connectivity index (χ1n) is 3.85. The Labute approximate surface area is 61.1 Å². The lowest BCUT2D eigenvalue weighted by atomic mass is 9.93. The van der Waals surface area contributed by atoms with Gasteiger partial charge in [0, 0.05) is 6.04 Å². The molecule has 3 nitrogen and oxygen atoms in total. The van der Waals surface area contributed by atoms with Crippen LogP contribution >= 0.6 is 0 Å². The Morgan fingerprint density at radius 1 is 1.20 bits per heavy atom. The van der Waals surface area contributed by atoms with Gasteiger partial charge >= 0.3 is 0 Å². The molecule has 0 amide bonds. The summed E-state index contributed by atoms with van der Waals surface area (Å²) in [6.07, 6.45) is 3.62. The van der Waals surface area contributed by atoms with E-state index in [1.165, 1.54) is 0 Å². The first-order valence-corrected chi connectivity index (χ1v) is 3.85. The monoisotopic (exact) mass is 145 g/mol. The predicted octanol–water partition coefficient (Wildman–Crippen LogP) is -0.171. The summed E-state index contributed by atoms with van der Waals surface area (Å²) in [4.78, 5) is 0. The van der Waals surface area contributed by atoms with Gasteiger partial charge in [-0.25, -0.2) is 0 Å². The molecule has 10 heavy (non-hydrogen) atoms. The Morgan fingerprint density at radius 3 is 2.30 bits per heavy atom. The van der Waals surface area contributed by atoms with Crippen molar-refractivity contribution in [3.8, 4) is 0 Å². The van der Waals surface area contributed by atoms with Gasteiger partial charge in [-0.2, -0.15) is 0 Å². The normalized spacial score (nSPS) is 34.2. The highest BCUT2D eigenvalue weighted by atomic mass is 16.3. The summed E-state index contributed by atoms with van der Waals surface area (Å²) in [5, 5.41) is 20.6. The summed E-state index contributed by atoms with van der Waals surface area (Å²) in [7, 11) is 0. The molecular formula is C7H15NO2. The highest BCUT2D eigenvalue weighted by molar-refractivity contribution is 4.75. The molecule has 0 aromatic heterocycles. The topological polar surface area (TPSA) is 52.5 Å². The molecule has 0 aliphatic heterocycles. The molecule has 0 aromatic carbocycles. The molecule has 0 atom stereocenters. The zero-order valence-corrected chi connectivity index (χ0v) is 6.08. The zero-order valence-electron chi connectivity index (χ0n) is 6.08. The summed E-state index contributed by atoms with van der Waals surface area (Å²) in [6, 6.07) is 0.424. The van der Waals surface area contributed by atoms with E-state index in [-0.39, 0.29) is 12.8 Å². The molecule has 0 unspecified atom stereocenters. The van der Waals surface area contributed by atoms with Crippen LogP contribution in [0.1, 0.15) is 25.7 Å². The van der Waals surface area contributed by atoms with E-state index in [1.54, 1.807) is 0 Å². The van der Waals surface area contributed by atoms with Gasteiger partial charge in [-0.15, -0.1) is 0 Å². The van der Waals surface area contributed by atoms with Crippen molar-refractivity contribution in [2.45, 2.75) is 37.8 Å². The minimum absolute atomic E-state index is 0.0563. The Balaban J connectivity index is 2.13. The van der Waals surface area contributed by atoms with E-state index >= 15 is 0 Å². The number of aliphatic hydroxyl groups excluding tert-OH is 2. The van der Waals surface area contributed by atoms with Crippen molar-refractivity contribution in [1.29, 1.82) is 0 Å². The molecular weight excluding hydrogens is 130 g/mol. The Kier molecular flexibility index (Phi) is 3.12. The molecule has 1 rings (SSSR count). The summed E-state index contributed by atoms with van der Waals surface area (Å²) < 4.78 is 0. The molecule has 1 aliphatic carbocycles. The number of nitrogens with one attached hydrogen (secondary N) is 1. The molecule has 3 N–H and O–H groups in total. The van der Waals surface area contributed by atoms with Crippen molar-refractivity contribution in [3.05, 3.63) is 0 Å². The van der Waals surface area contributed by atoms with Crippen LogP contribution in [0.2, 0.25) is 0 Å². The highest BCUT2D eigenvalue weighted by Crippen LogP contribution is 2.17. The molecule has 0 spiro atoms. The van der Waals surface area contributed by atoms with Crippen molar-refractivity contribution < 1.29 is 10.2 Å². The minimum Gasteiger partial charge on any atom is -0.393 e. The molecule has 1 fully saturated rings. The number of rotatable bonds is 2. The second kappa shape index (κ2) is 3.91. The second-order valence-corrected chi connectivity index (χ2v) is 2.87. The van der Waals surface area contributed by atoms with Gasteiger partial charge in [-0.1, -0.05) is 0 Å². The first-order chi connectivity index (χ1) is 4.83. The smallest absolute Gasteiger partial charge is 0.0933 e. The molecule has 0 saturated heterocycles. The quantitative estimate of drug-likeness (QED) is 0.473. The Morgan fingerprint density at radius 2 is 1.80 bits per heavy atom. The average Bonchev–Trinajstić information content (AvgIpc) is 1.95. The van der Waals surface area contributed by atoms with Crippen molar-refractivity contribution in [2.75, 3.05) is 6.73 Å². The maximum Gasteiger partial charge on any atom is 0.0933 e. The third-order valence-electron chi connectivity index (χ3n) is 2.08. The largest absolute Gasteiger partial charge is 0.393 e. The summed E-state index contributed by atoms with van der Waals surface area (Å²) >= 11 is 0. The number of hydrogen-bond acceptors (Lipinski definition) is 3. The molecule has 0 radical (unpaired) electrons. The molecule has 1 aliphatic rings. The average molecular weight is 145 g/mol. The standard InChI is InChI=1S/C7H15NO2/c9-5-8-6-1-3-7(10)4-2-6/h6-10H,1-5H2. The van der Waals surface area contributed by atoms with Crippen LogP contribution in [-0.4, -0.2) is 29.1 Å². The summed E-state index contributed by atoms with van der Waals surface area (Å²) in [5.41, 5.74) is 0. The van der Waals surface area contributed by atoms with Crippen molar-refractivity contribution >= 4 is 0 Å². The van der Waals surface area contributed by atoms with E-state index in [1.807, 2.05) is 0 Å². The van der Waals surface area contributed by atoms with E-state index in [4.69, 9.17) is 10.2 Å². The summed E-state index contributed by atoms with van der Waals surface area (Å²) in [6.45, 7) is 0.0563. The van der Waals surface area contributed by atoms with Crippen LogP contribution in [0.3, 0.4) is 0 Å². The number of aliphatic hydroxyl groups is 2. The van der Waals surface area contributed by atoms with Crippen LogP contribution in [0.15, 0.2) is 0 Å². The van der Waals surface area contributed by atoms with E-state index < -0.39 is 0 Å². The van der Waals surface area contributed by atoms with Gasteiger partial charge in [-0.3, -0.25) is 5.32 Å². The van der Waals surface area contributed by atoms with Crippen LogP contribution in [0.5, 0.6) is 0 Å². The van der Waals surface area contributed by atoms with Gasteiger partial charge in [0.05, 0.1) is 12.8 Å². The molecule has 1 saturated carbocycles. The fourth-order valence-corrected chi connectivity index (χ4v) is 1.41. The fourth-order valence-electron chi connectivity index (χ4n) is 1.41.